The van der Waals surface area contributed by atoms with Crippen molar-refractivity contribution in [3.8, 4) is 0 Å². The Balaban J connectivity index is 1.69. The van der Waals surface area contributed by atoms with Crippen LogP contribution in [0.2, 0.25) is 0 Å². The highest BCUT2D eigenvalue weighted by Gasteiger charge is 2.28. The Bertz CT molecular complexity index is 1520. The molecule has 3 heterocycles. The molecule has 10 heteroatoms. The fraction of sp³-hybridized carbons (Fsp3) is 0.318. The lowest BCUT2D eigenvalue weighted by atomic mass is 10.2. The largest absolute Gasteiger partial charge is 0.370 e. The van der Waals surface area contributed by atoms with Gasteiger partial charge in [-0.15, -0.1) is 5.10 Å². The number of nitrogens with zero attached hydrogens (tertiary/aromatic N) is 4. The van der Waals surface area contributed by atoms with Crippen LogP contribution in [-0.4, -0.2) is 54.4 Å². The van der Waals surface area contributed by atoms with Crippen LogP contribution < -0.4 is 15.8 Å². The van der Waals surface area contributed by atoms with Crippen LogP contribution in [0.15, 0.2) is 51.1 Å². The first-order valence-corrected chi connectivity index (χ1v) is 11.9. The molecule has 1 unspecified atom stereocenters. The molecule has 1 fully saturated rings. The molecule has 1 aliphatic heterocycles. The second-order valence-electron chi connectivity index (χ2n) is 8.29. The van der Waals surface area contributed by atoms with Crippen molar-refractivity contribution in [1.29, 1.82) is 0 Å². The number of H-pyrrole nitrogens is 1. The Morgan fingerprint density at radius 3 is 2.69 bits per heavy atom. The van der Waals surface area contributed by atoms with Crippen molar-refractivity contribution in [2.75, 3.05) is 25.0 Å². The van der Waals surface area contributed by atoms with Crippen LogP contribution in [0.3, 0.4) is 0 Å². The number of aromatic amines is 1. The van der Waals surface area contributed by atoms with Gasteiger partial charge in [0.15, 0.2) is 5.65 Å². The van der Waals surface area contributed by atoms with Crippen molar-refractivity contribution in [1.82, 2.24) is 25.1 Å². The average molecular weight is 453 g/mol. The third kappa shape index (κ3) is 3.18. The number of sulfone groups is 1. The predicted molar refractivity (Wildman–Crippen MR) is 122 cm³/mol. The number of likely N-dealkylation sites (N-methyl/N-ethyl adjacent to an activating group) is 1. The minimum absolute atomic E-state index is 0.00542. The molecule has 0 bridgehead atoms. The summed E-state index contributed by atoms with van der Waals surface area (Å²) in [6.45, 7) is 5.40. The van der Waals surface area contributed by atoms with Gasteiger partial charge < -0.3 is 10.2 Å². The third-order valence-corrected chi connectivity index (χ3v) is 7.97. The summed E-state index contributed by atoms with van der Waals surface area (Å²) in [4.78, 5) is 19.2. The van der Waals surface area contributed by atoms with Gasteiger partial charge in [0.2, 0.25) is 14.9 Å². The van der Waals surface area contributed by atoms with Gasteiger partial charge in [-0.2, -0.15) is 4.98 Å². The third-order valence-electron chi connectivity index (χ3n) is 6.15. The summed E-state index contributed by atoms with van der Waals surface area (Å²) >= 11 is 0. The topological polar surface area (TPSA) is 112 Å². The lowest BCUT2D eigenvalue weighted by Gasteiger charge is -2.19. The van der Waals surface area contributed by atoms with E-state index >= 15 is 0 Å². The van der Waals surface area contributed by atoms with Crippen LogP contribution in [0, 0.1) is 13.8 Å². The average Bonchev–Trinajstić information content (AvgIpc) is 3.41. The zero-order chi connectivity index (χ0) is 22.6. The molecule has 4 aromatic rings. The summed E-state index contributed by atoms with van der Waals surface area (Å²) in [5.41, 5.74) is 2.59. The second-order valence-corrected chi connectivity index (χ2v) is 10.1. The second kappa shape index (κ2) is 7.42. The molecule has 1 aliphatic rings. The van der Waals surface area contributed by atoms with Crippen LogP contribution in [-0.2, 0) is 9.84 Å². The zero-order valence-electron chi connectivity index (χ0n) is 18.1. The van der Waals surface area contributed by atoms with E-state index in [9.17, 15) is 13.2 Å². The molecule has 1 saturated heterocycles. The number of fused-ring (bicyclic) bond motifs is 3. The van der Waals surface area contributed by atoms with Crippen LogP contribution in [0.1, 0.15) is 17.5 Å². The first-order chi connectivity index (χ1) is 15.3. The highest BCUT2D eigenvalue weighted by atomic mass is 32.2. The number of benzene rings is 2. The molecule has 0 spiro atoms. The van der Waals surface area contributed by atoms with E-state index in [4.69, 9.17) is 0 Å². The van der Waals surface area contributed by atoms with E-state index in [1.807, 2.05) is 26.1 Å². The van der Waals surface area contributed by atoms with Gasteiger partial charge >= 0.3 is 0 Å². The number of aryl methyl sites for hydroxylation is 2. The van der Waals surface area contributed by atoms with Crippen molar-refractivity contribution in [2.45, 2.75) is 36.2 Å². The Morgan fingerprint density at radius 1 is 1.16 bits per heavy atom. The van der Waals surface area contributed by atoms with E-state index in [0.717, 1.165) is 30.8 Å². The summed E-state index contributed by atoms with van der Waals surface area (Å²) in [6.07, 6.45) is 1.03. The lowest BCUT2D eigenvalue weighted by molar-refractivity contribution is 0.592. The van der Waals surface area contributed by atoms with Crippen LogP contribution in [0.5, 0.6) is 0 Å². The standard InChI is InChI=1S/C22H24N6O3S/c1-13-4-7-19(14(2)10-13)32(30,31)22-20-24-21(29)17-6-5-16(11-18(17)28(20)26-25-22)27-9-8-15(12-27)23-3/h4-7,10-11,15,23,26H,8-9,12H2,1-3H3. The zero-order valence-corrected chi connectivity index (χ0v) is 18.9. The SMILES string of the molecule is CNC1CCN(c2ccc3c(=O)nc4c(S(=O)(=O)c5ccc(C)cc5C)n[nH]n4c3c2)C1. The Hall–Kier alpha value is -3.24. The molecule has 5 rings (SSSR count). The van der Waals surface area contributed by atoms with Gasteiger partial charge in [-0.25, -0.2) is 18.1 Å². The monoisotopic (exact) mass is 452 g/mol. The van der Waals surface area contributed by atoms with Crippen molar-refractivity contribution in [3.63, 3.8) is 0 Å². The molecule has 2 aromatic carbocycles. The van der Waals surface area contributed by atoms with Gasteiger partial charge in [0, 0.05) is 24.8 Å². The van der Waals surface area contributed by atoms with Crippen LogP contribution >= 0.6 is 0 Å². The molecule has 1 atom stereocenters. The van der Waals surface area contributed by atoms with Gasteiger partial charge in [0.1, 0.15) is 0 Å². The first-order valence-electron chi connectivity index (χ1n) is 10.4. The number of anilines is 1. The molecule has 2 N–H and O–H groups in total. The number of hydrogen-bond donors (Lipinski definition) is 2. The minimum atomic E-state index is -3.97. The summed E-state index contributed by atoms with van der Waals surface area (Å²) in [6, 6.07) is 11.0. The van der Waals surface area contributed by atoms with E-state index in [1.165, 1.54) is 4.52 Å². The van der Waals surface area contributed by atoms with Gasteiger partial charge in [0.25, 0.3) is 5.56 Å². The highest BCUT2D eigenvalue weighted by molar-refractivity contribution is 7.91. The Kier molecular flexibility index (Phi) is 4.79. The smallest absolute Gasteiger partial charge is 0.281 e. The molecule has 166 valence electrons. The van der Waals surface area contributed by atoms with Gasteiger partial charge in [-0.1, -0.05) is 17.7 Å². The van der Waals surface area contributed by atoms with E-state index in [0.29, 0.717) is 22.5 Å². The van der Waals surface area contributed by atoms with Crippen LogP contribution in [0.4, 0.5) is 5.69 Å². The van der Waals surface area contributed by atoms with E-state index < -0.39 is 15.4 Å². The molecule has 2 aromatic heterocycles. The molecule has 0 radical (unpaired) electrons. The fourth-order valence-corrected chi connectivity index (χ4v) is 5.89. The van der Waals surface area contributed by atoms with Crippen molar-refractivity contribution in [2.24, 2.45) is 0 Å². The Labute approximate surface area is 185 Å². The number of nitrogens with one attached hydrogen (secondary N) is 2. The molecule has 0 amide bonds. The Morgan fingerprint density at radius 2 is 1.97 bits per heavy atom. The fourth-order valence-electron chi connectivity index (χ4n) is 4.41. The van der Waals surface area contributed by atoms with E-state index in [-0.39, 0.29) is 15.6 Å². The summed E-state index contributed by atoms with van der Waals surface area (Å²) in [5.74, 6) is 0. The summed E-state index contributed by atoms with van der Waals surface area (Å²) < 4.78 is 28.2. The number of hydrogen-bond acceptors (Lipinski definition) is 7. The molecule has 0 saturated carbocycles. The minimum Gasteiger partial charge on any atom is -0.370 e. The van der Waals surface area contributed by atoms with E-state index in [2.05, 4.69) is 25.5 Å². The molecular formula is C22H24N6O3S. The maximum Gasteiger partial charge on any atom is 0.281 e. The lowest BCUT2D eigenvalue weighted by Crippen LogP contribution is -2.29. The maximum absolute atomic E-state index is 13.4. The number of rotatable bonds is 4. The van der Waals surface area contributed by atoms with Crippen LogP contribution in [0.25, 0.3) is 16.6 Å². The van der Waals surface area contributed by atoms with Crippen molar-refractivity contribution >= 4 is 32.1 Å². The van der Waals surface area contributed by atoms with E-state index in [1.54, 1.807) is 31.2 Å². The molecular weight excluding hydrogens is 428 g/mol. The maximum atomic E-state index is 13.4. The summed E-state index contributed by atoms with van der Waals surface area (Å²) in [5, 5.41) is 10.3. The number of aromatic nitrogens is 4. The molecule has 0 aliphatic carbocycles. The quantitative estimate of drug-likeness (QED) is 0.486. The first kappa shape index (κ1) is 20.7. The van der Waals surface area contributed by atoms with Gasteiger partial charge in [0.05, 0.1) is 15.8 Å². The van der Waals surface area contributed by atoms with Crippen molar-refractivity contribution in [3.05, 3.63) is 57.9 Å². The predicted octanol–water partition coefficient (Wildman–Crippen LogP) is 1.82. The normalized spacial score (nSPS) is 17.0. The van der Waals surface area contributed by atoms with Gasteiger partial charge in [-0.05, 0) is 57.1 Å². The highest BCUT2D eigenvalue weighted by Crippen LogP contribution is 2.28. The van der Waals surface area contributed by atoms with Crippen molar-refractivity contribution < 1.29 is 8.42 Å². The van der Waals surface area contributed by atoms with Gasteiger partial charge in [-0.3, -0.25) is 4.79 Å². The molecule has 9 nitrogen and oxygen atoms in total. The summed E-state index contributed by atoms with van der Waals surface area (Å²) in [7, 11) is -2.02. The molecule has 32 heavy (non-hydrogen) atoms.